The fourth-order valence-corrected chi connectivity index (χ4v) is 4.30. The third kappa shape index (κ3) is 3.31. The van der Waals surface area contributed by atoms with E-state index in [2.05, 4.69) is 15.0 Å². The monoisotopic (exact) mass is 425 g/mol. The summed E-state index contributed by atoms with van der Waals surface area (Å²) >= 11 is 1.46. The van der Waals surface area contributed by atoms with Gasteiger partial charge in [0, 0.05) is 11.4 Å². The normalized spacial score (nSPS) is 12.7. The van der Waals surface area contributed by atoms with Crippen molar-refractivity contribution in [2.75, 3.05) is 19.1 Å². The highest BCUT2D eigenvalue weighted by Gasteiger charge is 2.23. The number of nitrogen functional groups attached to an aromatic ring is 1. The summed E-state index contributed by atoms with van der Waals surface area (Å²) in [5.41, 5.74) is 13.8. The third-order valence-corrected chi connectivity index (χ3v) is 5.75. The molecule has 0 spiro atoms. The molecule has 3 aromatic heterocycles. The zero-order valence-corrected chi connectivity index (χ0v) is 16.8. The number of ether oxygens (including phenoxy) is 2. The Labute approximate surface area is 175 Å². The highest BCUT2D eigenvalue weighted by molar-refractivity contribution is 7.99. The molecule has 0 atom stereocenters. The van der Waals surface area contributed by atoms with E-state index in [1.807, 2.05) is 16.7 Å². The Hall–Kier alpha value is -3.31. The molecule has 0 bridgehead atoms. The molecule has 30 heavy (non-hydrogen) atoms. The standard InChI is InChI=1S/C19H19N7O3S/c20-3-1-2-5-26-17-15(16(21)23-9-24-17)25-19(26)30-14-8-13-12(28-10-29-13)7-11(14)18-22-4-6-27-18/h4,6-9H,1-3,5,10,20H2,(H2,21,23,24). The molecule has 4 N–H and O–H groups in total. The Morgan fingerprint density at radius 2 is 1.97 bits per heavy atom. The minimum absolute atomic E-state index is 0.179. The minimum Gasteiger partial charge on any atom is -0.454 e. The van der Waals surface area contributed by atoms with Crippen molar-refractivity contribution in [1.29, 1.82) is 0 Å². The first kappa shape index (κ1) is 18.7. The van der Waals surface area contributed by atoms with Crippen LogP contribution in [0.4, 0.5) is 5.82 Å². The maximum absolute atomic E-state index is 6.05. The van der Waals surface area contributed by atoms with Gasteiger partial charge in [-0.3, -0.25) is 0 Å². The fourth-order valence-electron chi connectivity index (χ4n) is 3.26. The van der Waals surface area contributed by atoms with Crippen LogP contribution in [0, 0.1) is 0 Å². The van der Waals surface area contributed by atoms with Crippen molar-refractivity contribution < 1.29 is 13.9 Å². The highest BCUT2D eigenvalue weighted by Crippen LogP contribution is 2.44. The van der Waals surface area contributed by atoms with E-state index in [4.69, 9.17) is 30.3 Å². The van der Waals surface area contributed by atoms with Gasteiger partial charge in [0.25, 0.3) is 0 Å². The molecule has 4 heterocycles. The average molecular weight is 425 g/mol. The van der Waals surface area contributed by atoms with Crippen LogP contribution in [0.2, 0.25) is 0 Å². The first-order valence-electron chi connectivity index (χ1n) is 9.42. The molecule has 10 nitrogen and oxygen atoms in total. The van der Waals surface area contributed by atoms with E-state index in [-0.39, 0.29) is 6.79 Å². The zero-order valence-electron chi connectivity index (χ0n) is 15.9. The smallest absolute Gasteiger partial charge is 0.231 e. The van der Waals surface area contributed by atoms with Gasteiger partial charge in [0.1, 0.15) is 12.6 Å². The molecule has 1 aliphatic heterocycles. The SMILES string of the molecule is NCCCCn1c(Sc2cc3c(cc2-c2ncco2)OCO3)nc2c(N)ncnc21. The number of imidazole rings is 1. The van der Waals surface area contributed by atoms with E-state index in [1.54, 1.807) is 6.20 Å². The van der Waals surface area contributed by atoms with Gasteiger partial charge >= 0.3 is 0 Å². The molecular formula is C19H19N7O3S. The summed E-state index contributed by atoms with van der Waals surface area (Å²) in [5.74, 6) is 2.15. The molecule has 0 aliphatic carbocycles. The van der Waals surface area contributed by atoms with Crippen molar-refractivity contribution in [3.63, 3.8) is 0 Å². The quantitative estimate of drug-likeness (QED) is 0.425. The lowest BCUT2D eigenvalue weighted by molar-refractivity contribution is 0.174. The number of anilines is 1. The number of oxazole rings is 1. The molecule has 1 aromatic carbocycles. The average Bonchev–Trinajstić information content (AvgIpc) is 3.48. The van der Waals surface area contributed by atoms with E-state index in [0.717, 1.165) is 28.5 Å². The van der Waals surface area contributed by atoms with Crippen LogP contribution in [0.3, 0.4) is 0 Å². The molecule has 1 aliphatic rings. The predicted molar refractivity (Wildman–Crippen MR) is 110 cm³/mol. The maximum Gasteiger partial charge on any atom is 0.231 e. The summed E-state index contributed by atoms with van der Waals surface area (Å²) < 4.78 is 18.7. The molecule has 0 unspecified atom stereocenters. The van der Waals surface area contributed by atoms with Gasteiger partial charge in [0.15, 0.2) is 33.6 Å². The molecule has 0 saturated carbocycles. The summed E-state index contributed by atoms with van der Waals surface area (Å²) in [6.45, 7) is 1.52. The number of unbranched alkanes of at least 4 members (excludes halogenated alkanes) is 1. The van der Waals surface area contributed by atoms with Gasteiger partial charge in [0.05, 0.1) is 11.8 Å². The van der Waals surface area contributed by atoms with Crippen molar-refractivity contribution in [2.24, 2.45) is 5.73 Å². The summed E-state index contributed by atoms with van der Waals surface area (Å²) in [7, 11) is 0. The Balaban J connectivity index is 1.60. The molecule has 0 saturated heterocycles. The highest BCUT2D eigenvalue weighted by atomic mass is 32.2. The van der Waals surface area contributed by atoms with Crippen LogP contribution in [0.15, 0.2) is 45.4 Å². The first-order chi connectivity index (χ1) is 14.7. The van der Waals surface area contributed by atoms with E-state index >= 15 is 0 Å². The summed E-state index contributed by atoms with van der Waals surface area (Å²) in [4.78, 5) is 18.4. The molecular weight excluding hydrogens is 406 g/mol. The maximum atomic E-state index is 6.05. The van der Waals surface area contributed by atoms with Gasteiger partial charge in [-0.2, -0.15) is 0 Å². The lowest BCUT2D eigenvalue weighted by atomic mass is 10.2. The Morgan fingerprint density at radius 3 is 2.77 bits per heavy atom. The molecule has 5 rings (SSSR count). The summed E-state index contributed by atoms with van der Waals surface area (Å²) in [5, 5.41) is 0.737. The number of rotatable bonds is 7. The molecule has 154 valence electrons. The lowest BCUT2D eigenvalue weighted by Crippen LogP contribution is -2.05. The van der Waals surface area contributed by atoms with Gasteiger partial charge in [-0.25, -0.2) is 19.9 Å². The van der Waals surface area contributed by atoms with Crippen LogP contribution in [-0.4, -0.2) is 37.8 Å². The van der Waals surface area contributed by atoms with Gasteiger partial charge in [-0.05, 0) is 31.5 Å². The van der Waals surface area contributed by atoms with Crippen LogP contribution in [-0.2, 0) is 6.54 Å². The van der Waals surface area contributed by atoms with Crippen LogP contribution in [0.5, 0.6) is 11.5 Å². The fraction of sp³-hybridized carbons (Fsp3) is 0.263. The summed E-state index contributed by atoms with van der Waals surface area (Å²) in [6.07, 6.45) is 6.38. The van der Waals surface area contributed by atoms with Gasteiger partial charge in [0.2, 0.25) is 12.7 Å². The molecule has 4 aromatic rings. The number of nitrogens with two attached hydrogens (primary N) is 2. The summed E-state index contributed by atoms with van der Waals surface area (Å²) in [6, 6.07) is 3.78. The second kappa shape index (κ2) is 7.84. The molecule has 11 heteroatoms. The van der Waals surface area contributed by atoms with Crippen LogP contribution in [0.25, 0.3) is 22.6 Å². The van der Waals surface area contributed by atoms with Crippen molar-refractivity contribution >= 4 is 28.7 Å². The lowest BCUT2D eigenvalue weighted by Gasteiger charge is -2.10. The Morgan fingerprint density at radius 1 is 1.10 bits per heavy atom. The third-order valence-electron chi connectivity index (χ3n) is 4.70. The second-order valence-electron chi connectivity index (χ2n) is 6.61. The number of benzene rings is 1. The van der Waals surface area contributed by atoms with E-state index < -0.39 is 0 Å². The topological polar surface area (TPSA) is 140 Å². The minimum atomic E-state index is 0.179. The van der Waals surface area contributed by atoms with Gasteiger partial charge < -0.3 is 29.9 Å². The number of fused-ring (bicyclic) bond motifs is 2. The van der Waals surface area contributed by atoms with Crippen LogP contribution in [0.1, 0.15) is 12.8 Å². The number of hydrogen-bond acceptors (Lipinski definition) is 10. The van der Waals surface area contributed by atoms with Crippen molar-refractivity contribution in [3.05, 3.63) is 30.9 Å². The number of aryl methyl sites for hydroxylation is 1. The zero-order chi connectivity index (χ0) is 20.5. The largest absolute Gasteiger partial charge is 0.454 e. The molecule has 0 amide bonds. The predicted octanol–water partition coefficient (Wildman–Crippen LogP) is 2.68. The van der Waals surface area contributed by atoms with Gasteiger partial charge in [-0.15, -0.1) is 0 Å². The van der Waals surface area contributed by atoms with Crippen molar-refractivity contribution in [2.45, 2.75) is 29.4 Å². The van der Waals surface area contributed by atoms with E-state index in [1.165, 1.54) is 24.4 Å². The Kier molecular flexibility index (Phi) is 4.89. The number of aromatic nitrogens is 5. The van der Waals surface area contributed by atoms with E-state index in [9.17, 15) is 0 Å². The molecule has 0 fully saturated rings. The second-order valence-corrected chi connectivity index (χ2v) is 7.62. The van der Waals surface area contributed by atoms with Crippen molar-refractivity contribution in [1.82, 2.24) is 24.5 Å². The number of nitrogens with zero attached hydrogens (tertiary/aromatic N) is 5. The van der Waals surface area contributed by atoms with Crippen molar-refractivity contribution in [3.8, 4) is 23.0 Å². The van der Waals surface area contributed by atoms with Gasteiger partial charge in [-0.1, -0.05) is 11.8 Å². The Bertz CT molecular complexity index is 1190. The molecule has 0 radical (unpaired) electrons. The number of hydrogen-bond donors (Lipinski definition) is 2. The van der Waals surface area contributed by atoms with Crippen LogP contribution >= 0.6 is 11.8 Å². The van der Waals surface area contributed by atoms with E-state index in [0.29, 0.717) is 47.5 Å². The first-order valence-corrected chi connectivity index (χ1v) is 10.2. The van der Waals surface area contributed by atoms with Crippen LogP contribution < -0.4 is 20.9 Å².